The maximum absolute atomic E-state index is 10.7. The SMILES string of the molecule is C#CCOc1ccc(CCNC(=NCC(C)(O)CN2CCOCC2)NCC)cc1. The zero-order chi connectivity index (χ0) is 21.0. The molecule has 0 radical (unpaired) electrons. The van der Waals surface area contributed by atoms with Crippen molar-refractivity contribution in [1.82, 2.24) is 15.5 Å². The van der Waals surface area contributed by atoms with Crippen molar-refractivity contribution in [1.29, 1.82) is 0 Å². The average molecular weight is 403 g/mol. The third-order valence-corrected chi connectivity index (χ3v) is 4.54. The van der Waals surface area contributed by atoms with Crippen molar-refractivity contribution in [2.24, 2.45) is 4.99 Å². The minimum atomic E-state index is -0.881. The Hall–Kier alpha value is -2.27. The van der Waals surface area contributed by atoms with E-state index in [1.165, 1.54) is 5.56 Å². The predicted octanol–water partition coefficient (Wildman–Crippen LogP) is 0.879. The number of rotatable bonds is 10. The molecule has 1 aromatic rings. The molecule has 1 unspecified atom stereocenters. The summed E-state index contributed by atoms with van der Waals surface area (Å²) in [6.07, 6.45) is 6.05. The molecule has 29 heavy (non-hydrogen) atoms. The zero-order valence-electron chi connectivity index (χ0n) is 17.6. The first-order valence-corrected chi connectivity index (χ1v) is 10.2. The molecule has 3 N–H and O–H groups in total. The molecule has 1 atom stereocenters. The second-order valence-corrected chi connectivity index (χ2v) is 7.39. The summed E-state index contributed by atoms with van der Waals surface area (Å²) in [7, 11) is 0. The van der Waals surface area contributed by atoms with E-state index in [2.05, 4.69) is 26.4 Å². The fourth-order valence-electron chi connectivity index (χ4n) is 3.08. The number of nitrogens with one attached hydrogen (secondary N) is 2. The predicted molar refractivity (Wildman–Crippen MR) is 116 cm³/mol. The van der Waals surface area contributed by atoms with E-state index in [1.54, 1.807) is 0 Å². The van der Waals surface area contributed by atoms with Gasteiger partial charge in [-0.25, -0.2) is 0 Å². The molecule has 0 amide bonds. The average Bonchev–Trinajstić information content (AvgIpc) is 2.72. The number of aliphatic hydroxyl groups is 1. The summed E-state index contributed by atoms with van der Waals surface area (Å²) in [4.78, 5) is 6.80. The molecule has 7 nitrogen and oxygen atoms in total. The molecule has 0 aromatic heterocycles. The van der Waals surface area contributed by atoms with Crippen molar-refractivity contribution < 1.29 is 14.6 Å². The summed E-state index contributed by atoms with van der Waals surface area (Å²) in [5, 5.41) is 17.3. The van der Waals surface area contributed by atoms with Crippen LogP contribution in [0.3, 0.4) is 0 Å². The molecule has 1 aromatic carbocycles. The van der Waals surface area contributed by atoms with Crippen LogP contribution in [0.15, 0.2) is 29.3 Å². The van der Waals surface area contributed by atoms with Gasteiger partial charge in [0.25, 0.3) is 0 Å². The number of hydrogen-bond acceptors (Lipinski definition) is 5. The molecule has 1 saturated heterocycles. The van der Waals surface area contributed by atoms with Gasteiger partial charge in [-0.15, -0.1) is 6.42 Å². The van der Waals surface area contributed by atoms with Crippen LogP contribution in [0.1, 0.15) is 19.4 Å². The minimum Gasteiger partial charge on any atom is -0.481 e. The molecule has 160 valence electrons. The Balaban J connectivity index is 1.79. The topological polar surface area (TPSA) is 78.3 Å². The second-order valence-electron chi connectivity index (χ2n) is 7.39. The molecular formula is C22H34N4O3. The van der Waals surface area contributed by atoms with Gasteiger partial charge in [0.1, 0.15) is 12.4 Å². The van der Waals surface area contributed by atoms with Crippen molar-refractivity contribution in [3.05, 3.63) is 29.8 Å². The van der Waals surface area contributed by atoms with Crippen LogP contribution in [-0.4, -0.2) is 80.7 Å². The first-order chi connectivity index (χ1) is 14.0. The van der Waals surface area contributed by atoms with Crippen LogP contribution in [0.2, 0.25) is 0 Å². The molecule has 1 heterocycles. The normalized spacial score (nSPS) is 17.2. The Morgan fingerprint density at radius 2 is 2.03 bits per heavy atom. The van der Waals surface area contributed by atoms with E-state index in [1.807, 2.05) is 38.1 Å². The highest BCUT2D eigenvalue weighted by Crippen LogP contribution is 2.12. The van der Waals surface area contributed by atoms with Crippen molar-refractivity contribution >= 4 is 5.96 Å². The van der Waals surface area contributed by atoms with E-state index in [0.717, 1.165) is 51.6 Å². The van der Waals surface area contributed by atoms with Crippen LogP contribution in [-0.2, 0) is 11.2 Å². The van der Waals surface area contributed by atoms with Crippen molar-refractivity contribution in [3.63, 3.8) is 0 Å². The lowest BCUT2D eigenvalue weighted by atomic mass is 10.1. The summed E-state index contributed by atoms with van der Waals surface area (Å²) in [6.45, 7) is 9.71. The third kappa shape index (κ3) is 9.18. The van der Waals surface area contributed by atoms with Crippen molar-refractivity contribution in [2.75, 3.05) is 59.1 Å². The number of morpholine rings is 1. The van der Waals surface area contributed by atoms with Gasteiger partial charge in [-0.1, -0.05) is 18.1 Å². The van der Waals surface area contributed by atoms with Gasteiger partial charge in [0, 0.05) is 32.7 Å². The largest absolute Gasteiger partial charge is 0.481 e. The van der Waals surface area contributed by atoms with Gasteiger partial charge in [-0.05, 0) is 38.0 Å². The lowest BCUT2D eigenvalue weighted by Crippen LogP contribution is -2.48. The van der Waals surface area contributed by atoms with E-state index in [4.69, 9.17) is 15.9 Å². The molecule has 0 saturated carbocycles. The number of guanidine groups is 1. The van der Waals surface area contributed by atoms with Crippen LogP contribution in [0, 0.1) is 12.3 Å². The fourth-order valence-corrected chi connectivity index (χ4v) is 3.08. The molecule has 0 spiro atoms. The minimum absolute atomic E-state index is 0.277. The summed E-state index contributed by atoms with van der Waals surface area (Å²) >= 11 is 0. The van der Waals surface area contributed by atoms with Crippen LogP contribution < -0.4 is 15.4 Å². The van der Waals surface area contributed by atoms with E-state index in [0.29, 0.717) is 19.0 Å². The molecule has 1 aliphatic rings. The molecule has 7 heteroatoms. The summed E-state index contributed by atoms with van der Waals surface area (Å²) in [5.41, 5.74) is 0.314. The van der Waals surface area contributed by atoms with Gasteiger partial charge in [0.2, 0.25) is 0 Å². The van der Waals surface area contributed by atoms with Gasteiger partial charge < -0.3 is 25.2 Å². The Morgan fingerprint density at radius 3 is 2.69 bits per heavy atom. The van der Waals surface area contributed by atoms with Crippen LogP contribution in [0.5, 0.6) is 5.75 Å². The standard InChI is InChI=1S/C22H34N4O3/c1-4-14-29-20-8-6-19(7-9-20)10-11-24-21(23-5-2)25-17-22(3,27)18-26-12-15-28-16-13-26/h1,6-9,27H,5,10-18H2,2-3H3,(H2,23,24,25). The van der Waals surface area contributed by atoms with E-state index >= 15 is 0 Å². The molecule has 0 bridgehead atoms. The number of benzene rings is 1. The van der Waals surface area contributed by atoms with Gasteiger partial charge in [-0.3, -0.25) is 9.89 Å². The zero-order valence-corrected chi connectivity index (χ0v) is 17.6. The first kappa shape index (κ1) is 23.0. The first-order valence-electron chi connectivity index (χ1n) is 10.2. The number of terminal acetylenes is 1. The lowest BCUT2D eigenvalue weighted by Gasteiger charge is -2.33. The van der Waals surface area contributed by atoms with E-state index in [9.17, 15) is 5.11 Å². The number of hydrogen-bond donors (Lipinski definition) is 3. The summed E-state index contributed by atoms with van der Waals surface area (Å²) < 4.78 is 10.8. The quantitative estimate of drug-likeness (QED) is 0.306. The smallest absolute Gasteiger partial charge is 0.191 e. The molecule has 1 fully saturated rings. The maximum atomic E-state index is 10.7. The van der Waals surface area contributed by atoms with Crippen LogP contribution in [0.25, 0.3) is 0 Å². The summed E-state index contributed by atoms with van der Waals surface area (Å²) in [6, 6.07) is 7.92. The number of nitrogens with zero attached hydrogens (tertiary/aromatic N) is 2. The van der Waals surface area contributed by atoms with E-state index < -0.39 is 5.60 Å². The monoisotopic (exact) mass is 402 g/mol. The molecular weight excluding hydrogens is 368 g/mol. The lowest BCUT2D eigenvalue weighted by molar-refractivity contribution is -0.0179. The van der Waals surface area contributed by atoms with Crippen molar-refractivity contribution in [3.8, 4) is 18.1 Å². The van der Waals surface area contributed by atoms with Gasteiger partial charge in [0.05, 0.1) is 25.4 Å². The second kappa shape index (κ2) is 12.3. The molecule has 1 aliphatic heterocycles. The highest BCUT2D eigenvalue weighted by molar-refractivity contribution is 5.79. The van der Waals surface area contributed by atoms with Crippen LogP contribution >= 0.6 is 0 Å². The number of β-amino-alcohol motifs (C(OH)–C–C–N with tert-alkyl or cyclic N) is 1. The van der Waals surface area contributed by atoms with Gasteiger partial charge in [0.15, 0.2) is 5.96 Å². The Labute approximate surface area is 174 Å². The Bertz CT molecular complexity index is 662. The summed E-state index contributed by atoms with van der Waals surface area (Å²) in [5.74, 6) is 3.94. The molecule has 2 rings (SSSR count). The highest BCUT2D eigenvalue weighted by atomic mass is 16.5. The highest BCUT2D eigenvalue weighted by Gasteiger charge is 2.25. The molecule has 0 aliphatic carbocycles. The van der Waals surface area contributed by atoms with Gasteiger partial charge >= 0.3 is 0 Å². The van der Waals surface area contributed by atoms with Crippen LogP contribution in [0.4, 0.5) is 0 Å². The van der Waals surface area contributed by atoms with Gasteiger partial charge in [-0.2, -0.15) is 0 Å². The maximum Gasteiger partial charge on any atom is 0.191 e. The third-order valence-electron chi connectivity index (χ3n) is 4.54. The number of ether oxygens (including phenoxy) is 2. The van der Waals surface area contributed by atoms with Crippen molar-refractivity contribution in [2.45, 2.75) is 25.9 Å². The Kier molecular flexibility index (Phi) is 9.78. The number of aliphatic imine (C=N–C) groups is 1. The van der Waals surface area contributed by atoms with E-state index in [-0.39, 0.29) is 6.61 Å². The Morgan fingerprint density at radius 1 is 1.31 bits per heavy atom. The fraction of sp³-hybridized carbons (Fsp3) is 0.591.